The van der Waals surface area contributed by atoms with E-state index in [4.69, 9.17) is 10.5 Å². The molecular weight excluding hydrogens is 430 g/mol. The fourth-order valence-electron chi connectivity index (χ4n) is 4.21. The first kappa shape index (κ1) is 23.7. The van der Waals surface area contributed by atoms with E-state index in [1.807, 2.05) is 65.6 Å². The lowest BCUT2D eigenvalue weighted by molar-refractivity contribution is -0.134. The van der Waals surface area contributed by atoms with Gasteiger partial charge in [0.1, 0.15) is 12.1 Å². The molecule has 3 N–H and O–H groups in total. The summed E-state index contributed by atoms with van der Waals surface area (Å²) >= 11 is 0. The molecule has 3 aromatic rings. The second kappa shape index (κ2) is 11.1. The highest BCUT2D eigenvalue weighted by molar-refractivity contribution is 5.94. The van der Waals surface area contributed by atoms with Gasteiger partial charge >= 0.3 is 0 Å². The van der Waals surface area contributed by atoms with Gasteiger partial charge in [0.15, 0.2) is 5.82 Å². The number of aromatic nitrogens is 2. The standard InChI is InChI=1S/C26H31N5O3/c1-19-9-8-14-31(19)26(33)24(21-12-6-3-7-13-21)30-15-23(28-18-30)29-25(32)22(27)17-34-16-20-10-4-2-5-11-20/h2-7,10-13,15,18-19,22,24H,8-9,14,16-17,27H2,1H3,(H,29,32)/t19-,22-,24?/m1/s1. The van der Waals surface area contributed by atoms with Crippen LogP contribution in [0.25, 0.3) is 0 Å². The van der Waals surface area contributed by atoms with Crippen LogP contribution in [0.2, 0.25) is 0 Å². The molecule has 1 saturated heterocycles. The number of imidazole rings is 1. The Balaban J connectivity index is 1.41. The van der Waals surface area contributed by atoms with E-state index in [0.29, 0.717) is 12.4 Å². The molecule has 1 unspecified atom stereocenters. The smallest absolute Gasteiger partial charge is 0.250 e. The van der Waals surface area contributed by atoms with E-state index in [9.17, 15) is 9.59 Å². The first-order valence-corrected chi connectivity index (χ1v) is 11.6. The summed E-state index contributed by atoms with van der Waals surface area (Å²) in [5.41, 5.74) is 7.88. The van der Waals surface area contributed by atoms with Crippen molar-refractivity contribution in [3.05, 3.63) is 84.3 Å². The minimum Gasteiger partial charge on any atom is -0.375 e. The van der Waals surface area contributed by atoms with Crippen LogP contribution in [0.4, 0.5) is 5.82 Å². The van der Waals surface area contributed by atoms with Gasteiger partial charge in [-0.3, -0.25) is 9.59 Å². The number of rotatable bonds is 9. The van der Waals surface area contributed by atoms with Crippen molar-refractivity contribution in [2.24, 2.45) is 5.73 Å². The Morgan fingerprint density at radius 1 is 1.15 bits per heavy atom. The van der Waals surface area contributed by atoms with E-state index in [2.05, 4.69) is 17.2 Å². The van der Waals surface area contributed by atoms with E-state index in [1.54, 1.807) is 17.1 Å². The zero-order chi connectivity index (χ0) is 23.9. The molecule has 3 atom stereocenters. The minimum absolute atomic E-state index is 0.0255. The molecule has 2 amide bonds. The molecule has 2 heterocycles. The summed E-state index contributed by atoms with van der Waals surface area (Å²) in [6.45, 7) is 3.29. The van der Waals surface area contributed by atoms with Crippen LogP contribution in [0.15, 0.2) is 73.2 Å². The molecular formula is C26H31N5O3. The third-order valence-corrected chi connectivity index (χ3v) is 6.08. The van der Waals surface area contributed by atoms with Gasteiger partial charge in [0, 0.05) is 18.8 Å². The lowest BCUT2D eigenvalue weighted by Gasteiger charge is -2.27. The molecule has 1 aromatic heterocycles. The number of hydrogen-bond donors (Lipinski definition) is 2. The molecule has 8 nitrogen and oxygen atoms in total. The van der Waals surface area contributed by atoms with Gasteiger partial charge in [0.05, 0.1) is 19.5 Å². The van der Waals surface area contributed by atoms with Crippen LogP contribution in [-0.4, -0.2) is 51.5 Å². The lowest BCUT2D eigenvalue weighted by Crippen LogP contribution is -2.40. The highest BCUT2D eigenvalue weighted by Crippen LogP contribution is 2.27. The summed E-state index contributed by atoms with van der Waals surface area (Å²) in [6.07, 6.45) is 5.25. The third-order valence-electron chi connectivity index (χ3n) is 6.08. The van der Waals surface area contributed by atoms with Crippen LogP contribution in [-0.2, 0) is 20.9 Å². The Morgan fingerprint density at radius 3 is 2.53 bits per heavy atom. The van der Waals surface area contributed by atoms with Gasteiger partial charge in [0.2, 0.25) is 5.91 Å². The van der Waals surface area contributed by atoms with Gasteiger partial charge < -0.3 is 25.3 Å². The zero-order valence-corrected chi connectivity index (χ0v) is 19.3. The molecule has 2 aromatic carbocycles. The van der Waals surface area contributed by atoms with Gasteiger partial charge in [-0.25, -0.2) is 4.98 Å². The number of carbonyl (C=O) groups excluding carboxylic acids is 2. The summed E-state index contributed by atoms with van der Waals surface area (Å²) in [5, 5.41) is 2.73. The highest BCUT2D eigenvalue weighted by Gasteiger charge is 2.33. The molecule has 0 radical (unpaired) electrons. The summed E-state index contributed by atoms with van der Waals surface area (Å²) in [4.78, 5) is 32.3. The van der Waals surface area contributed by atoms with Crippen molar-refractivity contribution in [2.45, 2.75) is 44.5 Å². The topological polar surface area (TPSA) is 102 Å². The maximum atomic E-state index is 13.5. The summed E-state index contributed by atoms with van der Waals surface area (Å²) in [5.74, 6) is -0.0294. The molecule has 0 bridgehead atoms. The molecule has 34 heavy (non-hydrogen) atoms. The van der Waals surface area contributed by atoms with Crippen LogP contribution in [0.1, 0.15) is 36.9 Å². The van der Waals surface area contributed by atoms with Crippen molar-refractivity contribution >= 4 is 17.6 Å². The van der Waals surface area contributed by atoms with Crippen molar-refractivity contribution in [1.82, 2.24) is 14.5 Å². The predicted octanol–water partition coefficient (Wildman–Crippen LogP) is 2.97. The fraction of sp³-hybridized carbons (Fsp3) is 0.346. The zero-order valence-electron chi connectivity index (χ0n) is 19.3. The van der Waals surface area contributed by atoms with Gasteiger partial charge in [-0.15, -0.1) is 0 Å². The van der Waals surface area contributed by atoms with E-state index in [-0.39, 0.29) is 18.6 Å². The second-order valence-corrected chi connectivity index (χ2v) is 8.64. The van der Waals surface area contributed by atoms with Gasteiger partial charge in [-0.05, 0) is 30.9 Å². The van der Waals surface area contributed by atoms with Crippen molar-refractivity contribution in [2.75, 3.05) is 18.5 Å². The Kier molecular flexibility index (Phi) is 7.72. The normalized spacial score (nSPS) is 17.4. The number of benzene rings is 2. The largest absolute Gasteiger partial charge is 0.375 e. The molecule has 0 spiro atoms. The summed E-state index contributed by atoms with van der Waals surface area (Å²) < 4.78 is 7.32. The maximum absolute atomic E-state index is 13.5. The number of nitrogens with two attached hydrogens (primary N) is 1. The van der Waals surface area contributed by atoms with Crippen molar-refractivity contribution in [3.8, 4) is 0 Å². The van der Waals surface area contributed by atoms with Crippen LogP contribution in [0.5, 0.6) is 0 Å². The van der Waals surface area contributed by atoms with Gasteiger partial charge in [-0.2, -0.15) is 0 Å². The van der Waals surface area contributed by atoms with E-state index < -0.39 is 18.0 Å². The van der Waals surface area contributed by atoms with Gasteiger partial charge in [-0.1, -0.05) is 60.7 Å². The van der Waals surface area contributed by atoms with Crippen LogP contribution in [0, 0.1) is 0 Å². The highest BCUT2D eigenvalue weighted by atomic mass is 16.5. The monoisotopic (exact) mass is 461 g/mol. The van der Waals surface area contributed by atoms with Crippen molar-refractivity contribution in [3.63, 3.8) is 0 Å². The fourth-order valence-corrected chi connectivity index (χ4v) is 4.21. The average molecular weight is 462 g/mol. The van der Waals surface area contributed by atoms with Crippen LogP contribution >= 0.6 is 0 Å². The second-order valence-electron chi connectivity index (χ2n) is 8.64. The average Bonchev–Trinajstić information content (AvgIpc) is 3.49. The molecule has 0 aliphatic carbocycles. The minimum atomic E-state index is -0.842. The molecule has 0 saturated carbocycles. The number of likely N-dealkylation sites (tertiary alicyclic amines) is 1. The molecule has 1 aliphatic heterocycles. The lowest BCUT2D eigenvalue weighted by atomic mass is 10.0. The first-order valence-electron chi connectivity index (χ1n) is 11.6. The number of nitrogens with zero attached hydrogens (tertiary/aromatic N) is 3. The van der Waals surface area contributed by atoms with Crippen LogP contribution in [0.3, 0.4) is 0 Å². The van der Waals surface area contributed by atoms with Crippen molar-refractivity contribution in [1.29, 1.82) is 0 Å². The van der Waals surface area contributed by atoms with Crippen LogP contribution < -0.4 is 11.1 Å². The number of carbonyl (C=O) groups is 2. The number of nitrogens with one attached hydrogen (secondary N) is 1. The quantitative estimate of drug-likeness (QED) is 0.510. The SMILES string of the molecule is C[C@@H]1CCCN1C(=O)C(c1ccccc1)n1cnc(NC(=O)[C@H](N)COCc2ccccc2)c1. The summed E-state index contributed by atoms with van der Waals surface area (Å²) in [6, 6.07) is 18.1. The maximum Gasteiger partial charge on any atom is 0.250 e. The molecule has 4 rings (SSSR count). The third kappa shape index (κ3) is 5.70. The Hall–Kier alpha value is -3.49. The molecule has 1 aliphatic rings. The van der Waals surface area contributed by atoms with Crippen molar-refractivity contribution < 1.29 is 14.3 Å². The number of amides is 2. The number of hydrogen-bond acceptors (Lipinski definition) is 5. The predicted molar refractivity (Wildman–Crippen MR) is 130 cm³/mol. The van der Waals surface area contributed by atoms with E-state index >= 15 is 0 Å². The Labute approximate surface area is 199 Å². The molecule has 8 heteroatoms. The number of ether oxygens (including phenoxy) is 1. The molecule has 178 valence electrons. The summed E-state index contributed by atoms with van der Waals surface area (Å²) in [7, 11) is 0. The number of anilines is 1. The first-order chi connectivity index (χ1) is 16.5. The van der Waals surface area contributed by atoms with E-state index in [1.165, 1.54) is 0 Å². The van der Waals surface area contributed by atoms with E-state index in [0.717, 1.165) is 30.5 Å². The van der Waals surface area contributed by atoms with Gasteiger partial charge in [0.25, 0.3) is 5.91 Å². The Bertz CT molecular complexity index is 1090. The Morgan fingerprint density at radius 2 is 1.85 bits per heavy atom. The molecule has 1 fully saturated rings.